The van der Waals surface area contributed by atoms with Gasteiger partial charge in [0.2, 0.25) is 17.7 Å². The number of rotatable bonds is 10. The number of aliphatic carboxylic acids is 1. The number of amides is 3. The van der Waals surface area contributed by atoms with Crippen molar-refractivity contribution in [3.63, 3.8) is 0 Å². The van der Waals surface area contributed by atoms with Crippen LogP contribution in [0.3, 0.4) is 0 Å². The second-order valence-electron chi connectivity index (χ2n) is 9.27. The number of carboxylic acids is 1. The quantitative estimate of drug-likeness (QED) is 0.223. The van der Waals surface area contributed by atoms with E-state index in [9.17, 15) is 24.3 Å². The van der Waals surface area contributed by atoms with E-state index in [1.54, 1.807) is 12.4 Å². The predicted molar refractivity (Wildman–Crippen MR) is 134 cm³/mol. The third kappa shape index (κ3) is 5.97. The molecule has 1 aromatic carbocycles. The van der Waals surface area contributed by atoms with Crippen molar-refractivity contribution in [1.82, 2.24) is 30.5 Å². The van der Waals surface area contributed by atoms with Gasteiger partial charge in [0, 0.05) is 48.4 Å². The molecule has 3 amide bonds. The number of carbonyl (C=O) groups is 4. The summed E-state index contributed by atoms with van der Waals surface area (Å²) in [5.74, 6) is -2.66. The van der Waals surface area contributed by atoms with E-state index < -0.39 is 42.0 Å². The summed E-state index contributed by atoms with van der Waals surface area (Å²) in [6.07, 6.45) is 6.29. The Bertz CT molecular complexity index is 1270. The fourth-order valence-corrected chi connectivity index (χ4v) is 4.61. The van der Waals surface area contributed by atoms with E-state index in [1.165, 1.54) is 18.2 Å². The van der Waals surface area contributed by atoms with E-state index in [2.05, 4.69) is 25.6 Å². The molecular weight excluding hydrogens is 478 g/mol. The Balaban J connectivity index is 1.50. The van der Waals surface area contributed by atoms with Crippen LogP contribution >= 0.6 is 0 Å². The molecule has 1 saturated heterocycles. The number of imidazole rings is 1. The van der Waals surface area contributed by atoms with Crippen LogP contribution in [0.5, 0.6) is 0 Å². The smallest absolute Gasteiger partial charge is 0.325 e. The van der Waals surface area contributed by atoms with E-state index >= 15 is 0 Å². The molecule has 0 saturated carbocycles. The first-order valence-electron chi connectivity index (χ1n) is 12.2. The number of hydrogen-bond donors (Lipinski definition) is 6. The zero-order valence-electron chi connectivity index (χ0n) is 20.4. The van der Waals surface area contributed by atoms with Gasteiger partial charge in [-0.25, -0.2) is 4.98 Å². The first kappa shape index (κ1) is 25.9. The highest BCUT2D eigenvalue weighted by molar-refractivity contribution is 5.95. The Hall–Kier alpha value is -4.19. The van der Waals surface area contributed by atoms with Crippen LogP contribution in [0.15, 0.2) is 43.0 Å². The van der Waals surface area contributed by atoms with Crippen LogP contribution in [-0.2, 0) is 32.0 Å². The van der Waals surface area contributed by atoms with Crippen molar-refractivity contribution in [2.24, 2.45) is 5.73 Å². The lowest BCUT2D eigenvalue weighted by atomic mass is 10.0. The molecule has 0 spiro atoms. The molecular formula is C25H31N7O5. The number of nitrogens with zero attached hydrogens (tertiary/aromatic N) is 2. The number of nitrogens with two attached hydrogens (primary N) is 1. The molecule has 7 N–H and O–H groups in total. The molecule has 12 nitrogen and oxygen atoms in total. The largest absolute Gasteiger partial charge is 0.480 e. The van der Waals surface area contributed by atoms with Crippen LogP contribution in [0.2, 0.25) is 0 Å². The lowest BCUT2D eigenvalue weighted by Crippen LogP contribution is -2.57. The number of hydrogen-bond acceptors (Lipinski definition) is 6. The topological polar surface area (TPSA) is 186 Å². The molecule has 0 aliphatic carbocycles. The van der Waals surface area contributed by atoms with E-state index in [0.717, 1.165) is 16.5 Å². The van der Waals surface area contributed by atoms with E-state index in [-0.39, 0.29) is 18.7 Å². The Morgan fingerprint density at radius 1 is 1.19 bits per heavy atom. The fraction of sp³-hybridized carbons (Fsp3) is 0.400. The maximum Gasteiger partial charge on any atom is 0.325 e. The highest BCUT2D eigenvalue weighted by Crippen LogP contribution is 2.21. The lowest BCUT2D eigenvalue weighted by Gasteiger charge is -2.28. The highest BCUT2D eigenvalue weighted by Gasteiger charge is 2.38. The number of H-pyrrole nitrogens is 2. The van der Waals surface area contributed by atoms with Crippen LogP contribution in [-0.4, -0.2) is 79.4 Å². The molecule has 1 aliphatic heterocycles. The third-order valence-corrected chi connectivity index (χ3v) is 6.61. The molecule has 37 heavy (non-hydrogen) atoms. The SMILES string of the molecule is CC(NC(=O)C(Cc1c[nH]c2ccccc12)NC(=O)C1CCCN1C(=O)C(N)Cc1cnc[nH]1)C(=O)O. The first-order chi connectivity index (χ1) is 17.7. The summed E-state index contributed by atoms with van der Waals surface area (Å²) in [6.45, 7) is 1.73. The van der Waals surface area contributed by atoms with Crippen LogP contribution in [0.4, 0.5) is 0 Å². The number of nitrogens with one attached hydrogen (secondary N) is 4. The number of fused-ring (bicyclic) bond motifs is 1. The van der Waals surface area contributed by atoms with Gasteiger partial charge in [-0.3, -0.25) is 19.2 Å². The van der Waals surface area contributed by atoms with Crippen molar-refractivity contribution in [2.75, 3.05) is 6.54 Å². The van der Waals surface area contributed by atoms with Crippen LogP contribution < -0.4 is 16.4 Å². The summed E-state index contributed by atoms with van der Waals surface area (Å²) in [6, 6.07) is 3.72. The zero-order chi connectivity index (χ0) is 26.5. The van der Waals surface area contributed by atoms with Gasteiger partial charge >= 0.3 is 5.97 Å². The van der Waals surface area contributed by atoms with E-state index in [0.29, 0.717) is 25.1 Å². The number of aromatic nitrogens is 3. The number of likely N-dealkylation sites (tertiary alicyclic amines) is 1. The molecule has 1 aliphatic rings. The third-order valence-electron chi connectivity index (χ3n) is 6.61. The first-order valence-corrected chi connectivity index (χ1v) is 12.2. The minimum absolute atomic E-state index is 0.133. The standard InChI is InChI=1S/C25H31N7O5/c1-14(25(36)37)30-22(33)20(9-15-11-28-19-6-3-2-5-17(15)19)31-23(34)21-7-4-8-32(21)24(35)18(26)10-16-12-27-13-29-16/h2-3,5-6,11-14,18,20-21,28H,4,7-10,26H2,1H3,(H,27,29)(H,30,33)(H,31,34)(H,36,37). The van der Waals surface area contributed by atoms with Gasteiger partial charge in [0.25, 0.3) is 0 Å². The Morgan fingerprint density at radius 3 is 2.70 bits per heavy atom. The van der Waals surface area contributed by atoms with Crippen LogP contribution in [0, 0.1) is 0 Å². The van der Waals surface area contributed by atoms with Crippen molar-refractivity contribution in [3.8, 4) is 0 Å². The van der Waals surface area contributed by atoms with Crippen molar-refractivity contribution < 1.29 is 24.3 Å². The minimum Gasteiger partial charge on any atom is -0.480 e. The summed E-state index contributed by atoms with van der Waals surface area (Å²) in [4.78, 5) is 62.2. The Morgan fingerprint density at radius 2 is 1.97 bits per heavy atom. The second-order valence-corrected chi connectivity index (χ2v) is 9.27. The van der Waals surface area contributed by atoms with Crippen molar-refractivity contribution >= 4 is 34.6 Å². The van der Waals surface area contributed by atoms with Gasteiger partial charge in [-0.2, -0.15) is 0 Å². The van der Waals surface area contributed by atoms with E-state index in [1.807, 2.05) is 24.3 Å². The van der Waals surface area contributed by atoms with Gasteiger partial charge in [0.05, 0.1) is 12.4 Å². The van der Waals surface area contributed by atoms with Crippen LogP contribution in [0.25, 0.3) is 10.9 Å². The molecule has 12 heteroatoms. The number of aromatic amines is 2. The zero-order valence-corrected chi connectivity index (χ0v) is 20.4. The summed E-state index contributed by atoms with van der Waals surface area (Å²) in [5, 5.41) is 15.3. The molecule has 1 fully saturated rings. The summed E-state index contributed by atoms with van der Waals surface area (Å²) in [7, 11) is 0. The normalized spacial score (nSPS) is 17.8. The number of para-hydroxylation sites is 1. The van der Waals surface area contributed by atoms with Gasteiger partial charge in [-0.05, 0) is 31.4 Å². The van der Waals surface area contributed by atoms with Crippen molar-refractivity contribution in [3.05, 3.63) is 54.2 Å². The number of carbonyl (C=O) groups excluding carboxylic acids is 3. The van der Waals surface area contributed by atoms with Gasteiger partial charge in [-0.1, -0.05) is 18.2 Å². The Labute approximate surface area is 213 Å². The van der Waals surface area contributed by atoms with Crippen molar-refractivity contribution in [1.29, 1.82) is 0 Å². The molecule has 4 atom stereocenters. The number of carboxylic acid groups (broad SMARTS) is 1. The molecule has 4 unspecified atom stereocenters. The fourth-order valence-electron chi connectivity index (χ4n) is 4.61. The summed E-state index contributed by atoms with van der Waals surface area (Å²) < 4.78 is 0. The van der Waals surface area contributed by atoms with E-state index in [4.69, 9.17) is 5.73 Å². The van der Waals surface area contributed by atoms with Gasteiger partial charge in [-0.15, -0.1) is 0 Å². The van der Waals surface area contributed by atoms with Crippen LogP contribution in [0.1, 0.15) is 31.0 Å². The molecule has 4 rings (SSSR count). The van der Waals surface area contributed by atoms with Gasteiger partial charge < -0.3 is 36.3 Å². The van der Waals surface area contributed by atoms with Gasteiger partial charge in [0.15, 0.2) is 0 Å². The average molecular weight is 510 g/mol. The minimum atomic E-state index is -1.19. The monoisotopic (exact) mass is 509 g/mol. The molecule has 0 bridgehead atoms. The maximum absolute atomic E-state index is 13.4. The summed E-state index contributed by atoms with van der Waals surface area (Å²) >= 11 is 0. The molecule has 3 heterocycles. The molecule has 2 aromatic heterocycles. The highest BCUT2D eigenvalue weighted by atomic mass is 16.4. The maximum atomic E-state index is 13.4. The molecule has 0 radical (unpaired) electrons. The van der Waals surface area contributed by atoms with Crippen molar-refractivity contribution in [2.45, 2.75) is 56.8 Å². The molecule has 3 aromatic rings. The molecule has 196 valence electrons. The Kier molecular flexibility index (Phi) is 7.87. The van der Waals surface area contributed by atoms with Gasteiger partial charge in [0.1, 0.15) is 18.1 Å². The summed E-state index contributed by atoms with van der Waals surface area (Å²) in [5.41, 5.74) is 8.51. The lowest BCUT2D eigenvalue weighted by molar-refractivity contribution is -0.142. The second kappa shape index (κ2) is 11.2. The average Bonchev–Trinajstić information content (AvgIpc) is 3.64. The predicted octanol–water partition coefficient (Wildman–Crippen LogP) is 0.0686. The number of benzene rings is 1.